The van der Waals surface area contributed by atoms with Crippen molar-refractivity contribution in [3.63, 3.8) is 0 Å². The van der Waals surface area contributed by atoms with E-state index in [9.17, 15) is 5.11 Å². The van der Waals surface area contributed by atoms with E-state index in [2.05, 4.69) is 22.8 Å². The van der Waals surface area contributed by atoms with E-state index in [-0.39, 0.29) is 6.10 Å². The molecule has 1 aromatic rings. The van der Waals surface area contributed by atoms with E-state index in [0.717, 1.165) is 18.8 Å². The van der Waals surface area contributed by atoms with Crippen LogP contribution in [0.5, 0.6) is 0 Å². The van der Waals surface area contributed by atoms with E-state index in [4.69, 9.17) is 0 Å². The van der Waals surface area contributed by atoms with Crippen LogP contribution in [0.4, 0.5) is 0 Å². The van der Waals surface area contributed by atoms with E-state index in [0.29, 0.717) is 12.1 Å². The van der Waals surface area contributed by atoms with Crippen LogP contribution in [0.2, 0.25) is 0 Å². The number of aliphatic hydroxyl groups excluding tert-OH is 1. The standard InChI is InChI=1S/C16H25NOS/c18-14-9-4-3-8-13(14)17-16(12-6-1-2-7-12)15-10-5-11-19-15/h5,10-14,16-18H,1-4,6-9H2. The van der Waals surface area contributed by atoms with Gasteiger partial charge in [0.05, 0.1) is 6.10 Å². The quantitative estimate of drug-likeness (QED) is 0.877. The molecule has 0 aromatic carbocycles. The normalized spacial score (nSPS) is 30.6. The predicted molar refractivity (Wildman–Crippen MR) is 80.4 cm³/mol. The largest absolute Gasteiger partial charge is 0.392 e. The molecular formula is C16H25NOS. The number of aliphatic hydroxyl groups is 1. The fourth-order valence-electron chi connectivity index (χ4n) is 3.75. The SMILES string of the molecule is OC1CCCCC1NC(c1cccs1)C1CCCC1. The molecule has 106 valence electrons. The zero-order valence-electron chi connectivity index (χ0n) is 11.6. The van der Waals surface area contributed by atoms with Crippen molar-refractivity contribution in [3.05, 3.63) is 22.4 Å². The molecule has 2 fully saturated rings. The summed E-state index contributed by atoms with van der Waals surface area (Å²) in [5.41, 5.74) is 0. The van der Waals surface area contributed by atoms with Gasteiger partial charge in [-0.05, 0) is 43.0 Å². The van der Waals surface area contributed by atoms with Crippen molar-refractivity contribution in [2.75, 3.05) is 0 Å². The molecular weight excluding hydrogens is 254 g/mol. The molecule has 0 spiro atoms. The minimum atomic E-state index is -0.141. The average Bonchev–Trinajstić information content (AvgIpc) is 3.11. The third kappa shape index (κ3) is 3.21. The third-order valence-corrected chi connectivity index (χ3v) is 5.80. The minimum Gasteiger partial charge on any atom is -0.392 e. The van der Waals surface area contributed by atoms with E-state index in [1.165, 1.54) is 43.4 Å². The first kappa shape index (κ1) is 13.6. The van der Waals surface area contributed by atoms with Gasteiger partial charge in [-0.15, -0.1) is 11.3 Å². The van der Waals surface area contributed by atoms with Gasteiger partial charge in [-0.3, -0.25) is 0 Å². The summed E-state index contributed by atoms with van der Waals surface area (Å²) in [5, 5.41) is 16.2. The highest BCUT2D eigenvalue weighted by Gasteiger charge is 2.31. The lowest BCUT2D eigenvalue weighted by atomic mass is 9.89. The Hall–Kier alpha value is -0.380. The first-order valence-corrected chi connectivity index (χ1v) is 8.70. The molecule has 0 radical (unpaired) electrons. The molecule has 2 N–H and O–H groups in total. The van der Waals surface area contributed by atoms with Crippen molar-refractivity contribution in [1.82, 2.24) is 5.32 Å². The fourth-order valence-corrected chi connectivity index (χ4v) is 4.62. The summed E-state index contributed by atoms with van der Waals surface area (Å²) in [6.45, 7) is 0. The summed E-state index contributed by atoms with van der Waals surface area (Å²) < 4.78 is 0. The molecule has 1 heterocycles. The maximum atomic E-state index is 10.2. The van der Waals surface area contributed by atoms with Crippen LogP contribution >= 0.6 is 11.3 Å². The van der Waals surface area contributed by atoms with Gasteiger partial charge in [-0.2, -0.15) is 0 Å². The molecule has 19 heavy (non-hydrogen) atoms. The van der Waals surface area contributed by atoms with Crippen LogP contribution in [-0.2, 0) is 0 Å². The van der Waals surface area contributed by atoms with Gasteiger partial charge in [-0.25, -0.2) is 0 Å². The maximum absolute atomic E-state index is 10.2. The van der Waals surface area contributed by atoms with E-state index in [1.807, 2.05) is 11.3 Å². The average molecular weight is 279 g/mol. The maximum Gasteiger partial charge on any atom is 0.0693 e. The van der Waals surface area contributed by atoms with Gasteiger partial charge in [0.1, 0.15) is 0 Å². The second-order valence-electron chi connectivity index (χ2n) is 6.16. The van der Waals surface area contributed by atoms with Crippen LogP contribution < -0.4 is 5.32 Å². The highest BCUT2D eigenvalue weighted by Crippen LogP contribution is 2.38. The molecule has 3 atom stereocenters. The smallest absolute Gasteiger partial charge is 0.0693 e. The van der Waals surface area contributed by atoms with Gasteiger partial charge in [-0.1, -0.05) is 31.7 Å². The molecule has 2 saturated carbocycles. The zero-order valence-corrected chi connectivity index (χ0v) is 12.4. The Morgan fingerprint density at radius 2 is 1.84 bits per heavy atom. The van der Waals surface area contributed by atoms with Crippen LogP contribution in [0.1, 0.15) is 62.3 Å². The fraction of sp³-hybridized carbons (Fsp3) is 0.750. The lowest BCUT2D eigenvalue weighted by molar-refractivity contribution is 0.0799. The summed E-state index contributed by atoms with van der Waals surface area (Å²) in [4.78, 5) is 1.46. The number of hydrogen-bond donors (Lipinski definition) is 2. The van der Waals surface area contributed by atoms with Gasteiger partial charge in [0, 0.05) is 17.0 Å². The van der Waals surface area contributed by atoms with Crippen LogP contribution in [0.15, 0.2) is 17.5 Å². The van der Waals surface area contributed by atoms with E-state index in [1.54, 1.807) is 0 Å². The Labute approximate surface area is 120 Å². The first-order valence-electron chi connectivity index (χ1n) is 7.82. The summed E-state index contributed by atoms with van der Waals surface area (Å²) in [6, 6.07) is 5.19. The Morgan fingerprint density at radius 3 is 2.53 bits per heavy atom. The molecule has 3 rings (SSSR count). The zero-order chi connectivity index (χ0) is 13.1. The van der Waals surface area contributed by atoms with Crippen molar-refractivity contribution in [3.8, 4) is 0 Å². The molecule has 2 nitrogen and oxygen atoms in total. The Morgan fingerprint density at radius 1 is 1.11 bits per heavy atom. The van der Waals surface area contributed by atoms with E-state index >= 15 is 0 Å². The van der Waals surface area contributed by atoms with Crippen LogP contribution in [0.25, 0.3) is 0 Å². The lowest BCUT2D eigenvalue weighted by Gasteiger charge is -2.34. The molecule has 3 heteroatoms. The molecule has 0 amide bonds. The topological polar surface area (TPSA) is 32.3 Å². The van der Waals surface area contributed by atoms with Gasteiger partial charge in [0.15, 0.2) is 0 Å². The van der Waals surface area contributed by atoms with Crippen molar-refractivity contribution in [2.24, 2.45) is 5.92 Å². The Bertz CT molecular complexity index is 372. The van der Waals surface area contributed by atoms with Gasteiger partial charge in [0.2, 0.25) is 0 Å². The van der Waals surface area contributed by atoms with Crippen LogP contribution in [-0.4, -0.2) is 17.3 Å². The predicted octanol–water partition coefficient (Wildman–Crippen LogP) is 3.87. The highest BCUT2D eigenvalue weighted by molar-refractivity contribution is 7.10. The molecule has 0 aliphatic heterocycles. The lowest BCUT2D eigenvalue weighted by Crippen LogP contribution is -2.45. The number of nitrogens with one attached hydrogen (secondary N) is 1. The second kappa shape index (κ2) is 6.38. The van der Waals surface area contributed by atoms with Crippen molar-refractivity contribution < 1.29 is 5.11 Å². The van der Waals surface area contributed by atoms with Crippen molar-refractivity contribution in [2.45, 2.75) is 69.6 Å². The number of rotatable bonds is 4. The summed E-state index contributed by atoms with van der Waals surface area (Å²) in [6.07, 6.45) is 9.86. The summed E-state index contributed by atoms with van der Waals surface area (Å²) in [7, 11) is 0. The Kier molecular flexibility index (Phi) is 4.57. The van der Waals surface area contributed by atoms with Gasteiger partial charge in [0.25, 0.3) is 0 Å². The number of hydrogen-bond acceptors (Lipinski definition) is 3. The van der Waals surface area contributed by atoms with Crippen molar-refractivity contribution >= 4 is 11.3 Å². The van der Waals surface area contributed by atoms with Gasteiger partial charge >= 0.3 is 0 Å². The summed E-state index contributed by atoms with van der Waals surface area (Å²) >= 11 is 1.86. The number of thiophene rings is 1. The second-order valence-corrected chi connectivity index (χ2v) is 7.14. The molecule has 2 aliphatic carbocycles. The monoisotopic (exact) mass is 279 g/mol. The molecule has 1 aromatic heterocycles. The van der Waals surface area contributed by atoms with Crippen molar-refractivity contribution in [1.29, 1.82) is 0 Å². The molecule has 3 unspecified atom stereocenters. The van der Waals surface area contributed by atoms with E-state index < -0.39 is 0 Å². The molecule has 0 saturated heterocycles. The van der Waals surface area contributed by atoms with Crippen LogP contribution in [0, 0.1) is 5.92 Å². The minimum absolute atomic E-state index is 0.141. The highest BCUT2D eigenvalue weighted by atomic mass is 32.1. The van der Waals surface area contributed by atoms with Gasteiger partial charge < -0.3 is 10.4 Å². The Balaban J connectivity index is 1.71. The van der Waals surface area contributed by atoms with Crippen LogP contribution in [0.3, 0.4) is 0 Å². The third-order valence-electron chi connectivity index (χ3n) is 4.84. The first-order chi connectivity index (χ1) is 9.34. The summed E-state index contributed by atoms with van der Waals surface area (Å²) in [5.74, 6) is 0.771. The molecule has 0 bridgehead atoms. The molecule has 2 aliphatic rings.